The summed E-state index contributed by atoms with van der Waals surface area (Å²) < 4.78 is 18.2. The van der Waals surface area contributed by atoms with Crippen LogP contribution in [0.1, 0.15) is 77.3 Å². The summed E-state index contributed by atoms with van der Waals surface area (Å²) in [4.78, 5) is 12.0. The fourth-order valence-electron chi connectivity index (χ4n) is 8.45. The quantitative estimate of drug-likeness (QED) is 0.697. The van der Waals surface area contributed by atoms with E-state index in [0.29, 0.717) is 43.3 Å². The number of fused-ring (bicyclic) bond motifs is 5. The van der Waals surface area contributed by atoms with Gasteiger partial charge in [0.15, 0.2) is 5.69 Å². The topological polar surface area (TPSA) is 78.9 Å². The number of rotatable bonds is 3. The molecule has 0 spiro atoms. The van der Waals surface area contributed by atoms with E-state index < -0.39 is 11.3 Å². The summed E-state index contributed by atoms with van der Waals surface area (Å²) in [5.41, 5.74) is -0.795. The number of hydrogen-bond donors (Lipinski definition) is 1. The second-order valence-corrected chi connectivity index (χ2v) is 11.6. The Morgan fingerprint density at radius 3 is 2.75 bits per heavy atom. The molecule has 8 atom stereocenters. The van der Waals surface area contributed by atoms with E-state index in [1.807, 2.05) is 13.0 Å². The van der Waals surface area contributed by atoms with Gasteiger partial charge in [0.1, 0.15) is 17.7 Å². The Morgan fingerprint density at radius 2 is 2.03 bits per heavy atom. The largest absolute Gasteiger partial charge is 0.390 e. The zero-order valence-corrected chi connectivity index (χ0v) is 19.2. The summed E-state index contributed by atoms with van der Waals surface area (Å²) in [7, 11) is 0. The lowest BCUT2D eigenvalue weighted by atomic mass is 9.47. The molecule has 1 heterocycles. The van der Waals surface area contributed by atoms with Crippen LogP contribution in [0.2, 0.25) is 0 Å². The molecule has 5 nitrogen and oxygen atoms in total. The highest BCUT2D eigenvalue weighted by molar-refractivity contribution is 5.54. The summed E-state index contributed by atoms with van der Waals surface area (Å²) in [6.07, 6.45) is 9.06. The number of alkyl halides is 1. The minimum atomic E-state index is -1.14. The molecule has 6 heteroatoms. The fraction of sp³-hybridized carbons (Fsp3) is 0.769. The number of aromatic nitrogens is 2. The Labute approximate surface area is 189 Å². The highest BCUT2D eigenvalue weighted by Gasteiger charge is 2.63. The van der Waals surface area contributed by atoms with Crippen molar-refractivity contribution < 1.29 is 14.3 Å². The minimum Gasteiger partial charge on any atom is -0.390 e. The number of aliphatic hydroxyl groups is 1. The highest BCUT2D eigenvalue weighted by Crippen LogP contribution is 2.67. The lowest BCUT2D eigenvalue weighted by Gasteiger charge is -2.59. The molecule has 1 N–H and O–H groups in total. The molecule has 0 amide bonds. The zero-order chi connectivity index (χ0) is 22.7. The molecule has 0 unspecified atom stereocenters. The van der Waals surface area contributed by atoms with Gasteiger partial charge < -0.3 is 5.11 Å². The molecule has 4 aliphatic rings. The van der Waals surface area contributed by atoms with Gasteiger partial charge in [-0.25, -0.2) is 9.18 Å². The van der Waals surface area contributed by atoms with Crippen LogP contribution in [0.3, 0.4) is 0 Å². The van der Waals surface area contributed by atoms with Crippen molar-refractivity contribution in [3.63, 3.8) is 0 Å². The van der Waals surface area contributed by atoms with E-state index >= 15 is 4.39 Å². The molecule has 0 aromatic carbocycles. The third-order valence-electron chi connectivity index (χ3n) is 9.95. The zero-order valence-electron chi connectivity index (χ0n) is 19.2. The molecule has 1 aromatic rings. The predicted molar refractivity (Wildman–Crippen MR) is 118 cm³/mol. The van der Waals surface area contributed by atoms with Gasteiger partial charge in [-0.1, -0.05) is 6.92 Å². The van der Waals surface area contributed by atoms with Gasteiger partial charge in [0, 0.05) is 11.8 Å². The molecule has 172 valence electrons. The second-order valence-electron chi connectivity index (χ2n) is 11.6. The maximum atomic E-state index is 16.5. The van der Waals surface area contributed by atoms with E-state index in [9.17, 15) is 9.90 Å². The number of allylic oxidation sites excluding steroid dienone is 1. The molecule has 0 aliphatic heterocycles. The van der Waals surface area contributed by atoms with Crippen LogP contribution >= 0.6 is 0 Å². The molecule has 4 saturated carbocycles. The molecule has 1 aromatic heterocycles. The first-order valence-electron chi connectivity index (χ1n) is 12.3. The Morgan fingerprint density at radius 1 is 1.22 bits per heavy atom. The van der Waals surface area contributed by atoms with Crippen molar-refractivity contribution in [1.82, 2.24) is 9.78 Å². The van der Waals surface area contributed by atoms with Crippen LogP contribution in [0.5, 0.6) is 0 Å². The van der Waals surface area contributed by atoms with Crippen molar-refractivity contribution in [2.24, 2.45) is 35.0 Å². The first-order valence-corrected chi connectivity index (χ1v) is 12.3. The third kappa shape index (κ3) is 3.28. The van der Waals surface area contributed by atoms with E-state index in [1.165, 1.54) is 0 Å². The summed E-state index contributed by atoms with van der Waals surface area (Å²) in [6, 6.07) is 3.69. The summed E-state index contributed by atoms with van der Waals surface area (Å²) in [5.74, 6) is 3.23. The van der Waals surface area contributed by atoms with E-state index in [-0.39, 0.29) is 23.2 Å². The van der Waals surface area contributed by atoms with Crippen molar-refractivity contribution in [2.45, 2.75) is 89.4 Å². The number of carbonyl (C=O) groups excluding carboxylic acids is 1. The van der Waals surface area contributed by atoms with Gasteiger partial charge in [0.05, 0.1) is 12.1 Å². The van der Waals surface area contributed by atoms with Crippen LogP contribution in [-0.4, -0.2) is 32.1 Å². The standard InChI is InChI=1S/C26H34FN3O2/c1-24(32)10-11-26(27)18(13-24)3-4-20-22-6-5-21(25(22,2)9-7-23(20)26)17(16-31)15-30-12-8-19(14-28)29-30/h8,12,18,20-23,32H,3-7,9-11,13,15H2,1-2H3/t18-,20+,21-,22+,23+,24-,25-,26-/m1/s1. The summed E-state index contributed by atoms with van der Waals surface area (Å²) in [5, 5.41) is 23.8. The maximum Gasteiger partial charge on any atom is 0.162 e. The van der Waals surface area contributed by atoms with Gasteiger partial charge in [0.2, 0.25) is 0 Å². The van der Waals surface area contributed by atoms with E-state index in [2.05, 4.69) is 18.0 Å². The Hall–Kier alpha value is -1.96. The van der Waals surface area contributed by atoms with Crippen LogP contribution < -0.4 is 0 Å². The minimum absolute atomic E-state index is 0.0114. The molecule has 32 heavy (non-hydrogen) atoms. The SMILES string of the molecule is C[C@@]1(O)CC[C@@]2(F)[C@H](CC[C@H]3[C@@H]4CC[C@H](C(=C=O)Cn5ccc(C#N)n5)[C@@]4(C)CC[C@@H]32)C1. The molecular weight excluding hydrogens is 405 g/mol. The molecule has 0 bridgehead atoms. The number of nitriles is 1. The Bertz CT molecular complexity index is 989. The number of hydrogen-bond acceptors (Lipinski definition) is 4. The molecule has 4 fully saturated rings. The van der Waals surface area contributed by atoms with Crippen LogP contribution in [-0.2, 0) is 11.3 Å². The lowest BCUT2D eigenvalue weighted by Crippen LogP contribution is -2.58. The van der Waals surface area contributed by atoms with Crippen LogP contribution in [0.25, 0.3) is 0 Å². The molecule has 0 radical (unpaired) electrons. The average Bonchev–Trinajstić information content (AvgIpc) is 3.36. The van der Waals surface area contributed by atoms with Gasteiger partial charge in [-0.2, -0.15) is 10.4 Å². The lowest BCUT2D eigenvalue weighted by molar-refractivity contribution is -0.163. The maximum absolute atomic E-state index is 16.5. The van der Waals surface area contributed by atoms with Crippen molar-refractivity contribution >= 4 is 5.94 Å². The van der Waals surface area contributed by atoms with Crippen LogP contribution in [0.15, 0.2) is 17.8 Å². The first-order chi connectivity index (χ1) is 15.2. The molecule has 5 rings (SSSR count). The number of halogens is 1. The summed E-state index contributed by atoms with van der Waals surface area (Å²) >= 11 is 0. The second kappa shape index (κ2) is 7.54. The summed E-state index contributed by atoms with van der Waals surface area (Å²) in [6.45, 7) is 4.55. The third-order valence-corrected chi connectivity index (χ3v) is 9.95. The van der Waals surface area contributed by atoms with E-state index in [1.54, 1.807) is 16.9 Å². The average molecular weight is 440 g/mol. The van der Waals surface area contributed by atoms with E-state index in [4.69, 9.17) is 5.26 Å². The van der Waals surface area contributed by atoms with Crippen LogP contribution in [0.4, 0.5) is 4.39 Å². The number of nitrogens with zero attached hydrogens (tertiary/aromatic N) is 3. The Balaban J connectivity index is 1.37. The molecule has 4 aliphatic carbocycles. The smallest absolute Gasteiger partial charge is 0.162 e. The predicted octanol–water partition coefficient (Wildman–Crippen LogP) is 4.62. The highest BCUT2D eigenvalue weighted by atomic mass is 19.1. The van der Waals surface area contributed by atoms with Crippen molar-refractivity contribution in [2.75, 3.05) is 0 Å². The van der Waals surface area contributed by atoms with E-state index in [0.717, 1.165) is 44.1 Å². The van der Waals surface area contributed by atoms with Crippen molar-refractivity contribution in [3.8, 4) is 6.07 Å². The Kier molecular flexibility index (Phi) is 5.15. The molecule has 0 saturated heterocycles. The monoisotopic (exact) mass is 439 g/mol. The van der Waals surface area contributed by atoms with Gasteiger partial charge in [-0.05, 0) is 106 Å². The normalized spacial score (nSPS) is 45.2. The van der Waals surface area contributed by atoms with Gasteiger partial charge in [-0.3, -0.25) is 4.68 Å². The fourth-order valence-corrected chi connectivity index (χ4v) is 8.45. The van der Waals surface area contributed by atoms with Gasteiger partial charge >= 0.3 is 0 Å². The van der Waals surface area contributed by atoms with Gasteiger partial charge in [0.25, 0.3) is 0 Å². The van der Waals surface area contributed by atoms with Gasteiger partial charge in [-0.15, -0.1) is 0 Å². The molecular formula is C26H34FN3O2. The van der Waals surface area contributed by atoms with Crippen LogP contribution in [0, 0.1) is 46.3 Å². The first kappa shape index (κ1) is 21.9. The van der Waals surface area contributed by atoms with Crippen molar-refractivity contribution in [1.29, 1.82) is 5.26 Å². The van der Waals surface area contributed by atoms with Crippen molar-refractivity contribution in [3.05, 3.63) is 23.5 Å².